The summed E-state index contributed by atoms with van der Waals surface area (Å²) in [6.45, 7) is 5.95. The van der Waals surface area contributed by atoms with Gasteiger partial charge < -0.3 is 0 Å². The zero-order valence-electron chi connectivity index (χ0n) is 13.0. The molecule has 0 bridgehead atoms. The number of hydrogen-bond acceptors (Lipinski definition) is 5. The second-order valence-corrected chi connectivity index (χ2v) is 7.81. The number of ketones is 1. The molecule has 0 aliphatic carbocycles. The average Bonchev–Trinajstić information content (AvgIpc) is 2.83. The smallest absolute Gasteiger partial charge is 0.175 e. The fourth-order valence-electron chi connectivity index (χ4n) is 2.31. The van der Waals surface area contributed by atoms with Gasteiger partial charge in [0.05, 0.1) is 5.25 Å². The number of benzene rings is 1. The van der Waals surface area contributed by atoms with Crippen LogP contribution in [0.2, 0.25) is 0 Å². The molecule has 1 aromatic carbocycles. The normalized spacial score (nSPS) is 12.5. The highest BCUT2D eigenvalue weighted by Gasteiger charge is 2.20. The molecule has 0 aliphatic heterocycles. The number of halogens is 1. The quantitative estimate of drug-likeness (QED) is 0.386. The van der Waals surface area contributed by atoms with Crippen LogP contribution in [0.1, 0.15) is 27.7 Å². The Balaban J connectivity index is 1.89. The average molecular weight is 346 g/mol. The third kappa shape index (κ3) is 3.14. The summed E-state index contributed by atoms with van der Waals surface area (Å²) in [5, 5.41) is 1.54. The third-order valence-corrected chi connectivity index (χ3v) is 5.93. The molecule has 2 heterocycles. The van der Waals surface area contributed by atoms with Crippen molar-refractivity contribution < 1.29 is 9.18 Å². The molecule has 0 N–H and O–H groups in total. The molecule has 0 saturated carbocycles. The van der Waals surface area contributed by atoms with Crippen molar-refractivity contribution in [1.82, 2.24) is 9.97 Å². The minimum atomic E-state index is -0.344. The summed E-state index contributed by atoms with van der Waals surface area (Å²) in [5.41, 5.74) is 1.67. The van der Waals surface area contributed by atoms with Crippen LogP contribution in [0.25, 0.3) is 10.2 Å². The first-order valence-corrected chi connectivity index (χ1v) is 8.84. The minimum Gasteiger partial charge on any atom is -0.293 e. The molecule has 0 unspecified atom stereocenters. The van der Waals surface area contributed by atoms with Gasteiger partial charge in [-0.3, -0.25) is 4.79 Å². The number of fused-ring (bicyclic) bond motifs is 1. The van der Waals surface area contributed by atoms with Crippen LogP contribution in [-0.4, -0.2) is 21.0 Å². The van der Waals surface area contributed by atoms with Gasteiger partial charge in [0.25, 0.3) is 0 Å². The fourth-order valence-corrected chi connectivity index (χ4v) is 4.42. The Bertz CT molecular complexity index is 874. The van der Waals surface area contributed by atoms with Crippen molar-refractivity contribution in [2.24, 2.45) is 0 Å². The predicted octanol–water partition coefficient (Wildman–Crippen LogP) is 4.81. The number of rotatable bonds is 4. The maximum Gasteiger partial charge on any atom is 0.175 e. The Morgan fingerprint density at radius 2 is 1.91 bits per heavy atom. The molecule has 0 saturated heterocycles. The van der Waals surface area contributed by atoms with Crippen molar-refractivity contribution in [3.8, 4) is 0 Å². The van der Waals surface area contributed by atoms with Gasteiger partial charge >= 0.3 is 0 Å². The number of nitrogens with zero attached hydrogens (tertiary/aromatic N) is 2. The van der Waals surface area contributed by atoms with Crippen LogP contribution < -0.4 is 0 Å². The van der Waals surface area contributed by atoms with Crippen LogP contribution in [0.3, 0.4) is 0 Å². The molecule has 0 radical (unpaired) electrons. The molecule has 2 aromatic heterocycles. The highest BCUT2D eigenvalue weighted by molar-refractivity contribution is 8.00. The molecule has 0 aliphatic rings. The summed E-state index contributed by atoms with van der Waals surface area (Å²) in [5.74, 6) is -0.380. The number of thioether (sulfide) groups is 1. The van der Waals surface area contributed by atoms with E-state index in [1.54, 1.807) is 11.3 Å². The SMILES string of the molecule is Cc1sc2ncnc(S[C@@H](C)C(=O)c3ccc(F)cc3)c2c1C. The number of thiophene rings is 1. The van der Waals surface area contributed by atoms with E-state index in [0.717, 1.165) is 20.8 Å². The van der Waals surface area contributed by atoms with Crippen molar-refractivity contribution >= 4 is 39.1 Å². The number of carbonyl (C=O) groups is 1. The van der Waals surface area contributed by atoms with E-state index in [0.29, 0.717) is 5.56 Å². The van der Waals surface area contributed by atoms with E-state index in [9.17, 15) is 9.18 Å². The number of Topliss-reactive ketones (excluding diaryl/α,β-unsaturated/α-hetero) is 1. The summed E-state index contributed by atoms with van der Waals surface area (Å²) >= 11 is 3.06. The number of carbonyl (C=O) groups excluding carboxylic acids is 1. The predicted molar refractivity (Wildman–Crippen MR) is 92.9 cm³/mol. The summed E-state index contributed by atoms with van der Waals surface area (Å²) < 4.78 is 13.0. The molecule has 3 rings (SSSR count). The molecule has 3 nitrogen and oxygen atoms in total. The summed E-state index contributed by atoms with van der Waals surface area (Å²) in [6.07, 6.45) is 1.54. The maximum atomic E-state index is 13.0. The van der Waals surface area contributed by atoms with Crippen LogP contribution in [0.4, 0.5) is 4.39 Å². The van der Waals surface area contributed by atoms with Gasteiger partial charge in [0.2, 0.25) is 0 Å². The molecule has 1 atom stereocenters. The van der Waals surface area contributed by atoms with E-state index in [-0.39, 0.29) is 16.9 Å². The van der Waals surface area contributed by atoms with Crippen molar-refractivity contribution in [3.63, 3.8) is 0 Å². The van der Waals surface area contributed by atoms with Crippen molar-refractivity contribution in [2.75, 3.05) is 0 Å². The van der Waals surface area contributed by atoms with Crippen LogP contribution in [0, 0.1) is 19.7 Å². The first kappa shape index (κ1) is 16.1. The number of hydrogen-bond donors (Lipinski definition) is 0. The Kier molecular flexibility index (Phi) is 4.46. The zero-order valence-corrected chi connectivity index (χ0v) is 14.6. The number of aryl methyl sites for hydroxylation is 2. The first-order valence-electron chi connectivity index (χ1n) is 7.14. The lowest BCUT2D eigenvalue weighted by Gasteiger charge is -2.10. The van der Waals surface area contributed by atoms with E-state index in [2.05, 4.69) is 16.9 Å². The van der Waals surface area contributed by atoms with Gasteiger partial charge in [0.15, 0.2) is 5.78 Å². The third-order valence-electron chi connectivity index (χ3n) is 3.72. The largest absolute Gasteiger partial charge is 0.293 e. The van der Waals surface area contributed by atoms with Gasteiger partial charge in [-0.15, -0.1) is 11.3 Å². The van der Waals surface area contributed by atoms with Gasteiger partial charge in [-0.1, -0.05) is 11.8 Å². The van der Waals surface area contributed by atoms with Gasteiger partial charge in [-0.2, -0.15) is 0 Å². The number of aromatic nitrogens is 2. The Morgan fingerprint density at radius 1 is 1.22 bits per heavy atom. The second kappa shape index (κ2) is 6.37. The molecule has 6 heteroatoms. The molecular formula is C17H15FN2OS2. The van der Waals surface area contributed by atoms with Crippen molar-refractivity contribution in [1.29, 1.82) is 0 Å². The highest BCUT2D eigenvalue weighted by atomic mass is 32.2. The van der Waals surface area contributed by atoms with E-state index in [1.807, 2.05) is 13.8 Å². The summed E-state index contributed by atoms with van der Waals surface area (Å²) in [4.78, 5) is 23.3. The van der Waals surface area contributed by atoms with Crippen LogP contribution in [0.5, 0.6) is 0 Å². The zero-order chi connectivity index (χ0) is 16.6. The van der Waals surface area contributed by atoms with Crippen LogP contribution >= 0.6 is 23.1 Å². The van der Waals surface area contributed by atoms with Gasteiger partial charge in [0.1, 0.15) is 22.0 Å². The topological polar surface area (TPSA) is 42.9 Å². The van der Waals surface area contributed by atoms with Crippen LogP contribution in [0.15, 0.2) is 35.6 Å². The molecular weight excluding hydrogens is 331 g/mol. The van der Waals surface area contributed by atoms with E-state index >= 15 is 0 Å². The standard InChI is InChI=1S/C17H15FN2OS2/c1-9-10(2)22-16-14(9)17(20-8-19-16)23-11(3)15(21)12-4-6-13(18)7-5-12/h4-8,11H,1-3H3/t11-/m0/s1. The molecule has 118 valence electrons. The molecule has 0 fully saturated rings. The molecule has 23 heavy (non-hydrogen) atoms. The summed E-state index contributed by atoms with van der Waals surface area (Å²) in [6, 6.07) is 5.65. The van der Waals surface area contributed by atoms with E-state index < -0.39 is 0 Å². The Hall–Kier alpha value is -1.79. The maximum absolute atomic E-state index is 13.0. The lowest BCUT2D eigenvalue weighted by atomic mass is 10.1. The molecule has 3 aromatic rings. The Morgan fingerprint density at radius 3 is 2.61 bits per heavy atom. The van der Waals surface area contributed by atoms with Crippen LogP contribution in [-0.2, 0) is 0 Å². The fraction of sp³-hybridized carbons (Fsp3) is 0.235. The highest BCUT2D eigenvalue weighted by Crippen LogP contribution is 2.36. The van der Waals surface area contributed by atoms with E-state index in [4.69, 9.17) is 0 Å². The monoisotopic (exact) mass is 346 g/mol. The molecule has 0 amide bonds. The lowest BCUT2D eigenvalue weighted by Crippen LogP contribution is -2.13. The van der Waals surface area contributed by atoms with Crippen molar-refractivity contribution in [2.45, 2.75) is 31.0 Å². The summed E-state index contributed by atoms with van der Waals surface area (Å²) in [7, 11) is 0. The minimum absolute atomic E-state index is 0.0358. The Labute approximate surface area is 142 Å². The lowest BCUT2D eigenvalue weighted by molar-refractivity contribution is 0.0994. The van der Waals surface area contributed by atoms with E-state index in [1.165, 1.54) is 47.2 Å². The van der Waals surface area contributed by atoms with Gasteiger partial charge in [-0.05, 0) is 50.6 Å². The first-order chi connectivity index (χ1) is 11.0. The van der Waals surface area contributed by atoms with Gasteiger partial charge in [0, 0.05) is 15.8 Å². The van der Waals surface area contributed by atoms with Gasteiger partial charge in [-0.25, -0.2) is 14.4 Å². The second-order valence-electron chi connectivity index (χ2n) is 5.27. The van der Waals surface area contributed by atoms with Crippen molar-refractivity contribution in [3.05, 3.63) is 52.4 Å². The molecule has 0 spiro atoms.